The minimum atomic E-state index is -0.0378. The normalized spacial score (nSPS) is 12.4. The molecule has 0 aliphatic heterocycles. The van der Waals surface area contributed by atoms with Gasteiger partial charge < -0.3 is 19.4 Å². The second kappa shape index (κ2) is 37.7. The first-order valence-electron chi connectivity index (χ1n) is 45.3. The van der Waals surface area contributed by atoms with Gasteiger partial charge in [0.25, 0.3) is 0 Å². The average Bonchev–Trinajstić information content (AvgIpc) is 1.07. The van der Waals surface area contributed by atoms with Gasteiger partial charge in [0, 0.05) is 111 Å². The third-order valence-electron chi connectivity index (χ3n) is 26.4. The lowest BCUT2D eigenvalue weighted by molar-refractivity contribution is 0.660. The molecule has 0 unspecified atom stereocenters. The van der Waals surface area contributed by atoms with Crippen LogP contribution < -0.4 is 10.2 Å². The number of hydrogen-bond acceptors (Lipinski definition) is 2. The molecule has 0 bridgehead atoms. The number of halogens is 1. The summed E-state index contributed by atoms with van der Waals surface area (Å²) in [7, 11) is 0. The predicted octanol–water partition coefficient (Wildman–Crippen LogP) is 30.5. The first kappa shape index (κ1) is 87.7. The van der Waals surface area contributed by atoms with Crippen molar-refractivity contribution in [2.45, 2.75) is 84.0 Å². The molecule has 136 heavy (non-hydrogen) atoms. The summed E-state index contributed by atoms with van der Waals surface area (Å²) in [6, 6.07) is 133. The van der Waals surface area contributed by atoms with E-state index in [-0.39, 0.29) is 21.7 Å². The molecule has 0 saturated heterocycles. The van der Waals surface area contributed by atoms with Gasteiger partial charge in [-0.3, -0.25) is 0 Å². The molecule has 0 fully saturated rings. The molecule has 0 spiro atoms. The molecule has 0 atom stereocenters. The van der Waals surface area contributed by atoms with Crippen molar-refractivity contribution in [3.05, 3.63) is 413 Å². The number of aromatic nitrogens is 2. The molecular formula is C131H89BrN4. The van der Waals surface area contributed by atoms with Gasteiger partial charge in [-0.2, -0.15) is 0 Å². The van der Waals surface area contributed by atoms with Crippen molar-refractivity contribution in [3.63, 3.8) is 0 Å². The Morgan fingerprint density at radius 1 is 0.243 bits per heavy atom. The van der Waals surface area contributed by atoms with Crippen molar-refractivity contribution < 1.29 is 0 Å². The molecule has 4 aliphatic rings. The van der Waals surface area contributed by atoms with Crippen LogP contribution in [-0.4, -0.2) is 9.13 Å². The Morgan fingerprint density at radius 3 is 1.01 bits per heavy atom. The van der Waals surface area contributed by atoms with E-state index in [1.54, 1.807) is 6.92 Å². The van der Waals surface area contributed by atoms with Gasteiger partial charge in [0.2, 0.25) is 0 Å². The molecule has 2 heterocycles. The molecule has 1 N–H and O–H groups in total. The van der Waals surface area contributed by atoms with Crippen LogP contribution in [0.5, 0.6) is 0 Å². The van der Waals surface area contributed by atoms with Crippen LogP contribution in [0.4, 0.5) is 28.4 Å². The van der Waals surface area contributed by atoms with Gasteiger partial charge in [-0.15, -0.1) is 6.42 Å². The van der Waals surface area contributed by atoms with Crippen LogP contribution in [0.1, 0.15) is 107 Å². The van der Waals surface area contributed by atoms with Gasteiger partial charge in [0.1, 0.15) is 0 Å². The molecule has 16 aromatic carbocycles. The number of nitrogens with zero attached hydrogens (tertiary/aromatic N) is 3. The Hall–Kier alpha value is -17.6. The zero-order valence-electron chi connectivity index (χ0n) is 76.9. The summed E-state index contributed by atoms with van der Waals surface area (Å²) in [5, 5.41) is 8.57. The van der Waals surface area contributed by atoms with Gasteiger partial charge >= 0.3 is 0 Å². The summed E-state index contributed by atoms with van der Waals surface area (Å²) < 4.78 is 5.99. The summed E-state index contributed by atoms with van der Waals surface area (Å²) in [4.78, 5) is 2.40. The van der Waals surface area contributed by atoms with E-state index >= 15 is 0 Å². The van der Waals surface area contributed by atoms with Crippen molar-refractivity contribution in [2.24, 2.45) is 0 Å². The number of fused-ring (bicyclic) bond motifs is 18. The van der Waals surface area contributed by atoms with Crippen LogP contribution in [0, 0.1) is 131 Å². The van der Waals surface area contributed by atoms with Crippen LogP contribution in [0.3, 0.4) is 0 Å². The zero-order valence-corrected chi connectivity index (χ0v) is 78.5. The maximum Gasteiger partial charge on any atom is 0.0547 e. The van der Waals surface area contributed by atoms with E-state index in [9.17, 15) is 0 Å². The highest BCUT2D eigenvalue weighted by molar-refractivity contribution is 9.10. The van der Waals surface area contributed by atoms with E-state index in [0.29, 0.717) is 0 Å². The van der Waals surface area contributed by atoms with E-state index < -0.39 is 0 Å². The second-order valence-corrected chi connectivity index (χ2v) is 36.7. The number of hydrogen-bond donors (Lipinski definition) is 1. The molecule has 0 radical (unpaired) electrons. The molecule has 640 valence electrons. The fraction of sp³-hybridized carbons (Fsp3) is 0.0992. The van der Waals surface area contributed by atoms with Crippen LogP contribution >= 0.6 is 15.9 Å². The molecule has 22 rings (SSSR count). The minimum Gasteiger partial charge on any atom is -0.356 e. The van der Waals surface area contributed by atoms with Crippen LogP contribution in [0.2, 0.25) is 0 Å². The van der Waals surface area contributed by atoms with Crippen LogP contribution in [0.15, 0.2) is 368 Å². The maximum absolute atomic E-state index is 4.90. The number of rotatable bonds is 9. The summed E-state index contributed by atoms with van der Waals surface area (Å²) in [6.07, 6.45) is 4.90. The molecule has 2 aromatic heterocycles. The lowest BCUT2D eigenvalue weighted by Crippen LogP contribution is -2.15. The summed E-state index contributed by atoms with van der Waals surface area (Å²) in [5.74, 6) is 51.9. The van der Waals surface area contributed by atoms with Crippen molar-refractivity contribution in [3.8, 4) is 209 Å². The Labute approximate surface area is 807 Å². The number of nitrogens with one attached hydrogen (secondary N) is 1. The fourth-order valence-corrected chi connectivity index (χ4v) is 20.4. The number of para-hydroxylation sites is 4. The van der Waals surface area contributed by atoms with Gasteiger partial charge in [0.15, 0.2) is 0 Å². The standard InChI is InChI=1S/C54H42N2.C33H24BrN.C23H4.C21H19N/c1-53(2)47-22-11-8-19-41(47)45-33-39(26-29-49(45)53)55(37-16-6-5-7-17-37)38-18-14-15-35(31-38)36-25-28-44-43-21-10-13-24-51(43)56(52(44)32-36)40-27-30-50-46(34-40)42-20-9-12-23-48(42)54(50,3)4;1-33(2)29-12-5-3-10-25(29)28-20-24(15-17-30(28)33)35-31-13-6-4-11-26(31)27-16-14-22(19-32(27)35)21-8-7-9-23(34)18-21;1-3-5-7-9-11-13-15-17-19-21-23-22-20-18-16-14-12-10-8-6-4-2;1-21(2)19-11-7-6-10-17(19)18-14-16(12-13-20(18)21)22-15-8-4-3-5-9-15/h5-34H,1-4H3;3-20H,1-2H3;1H,2H3;3-14,22H,1-2H3. The lowest BCUT2D eigenvalue weighted by Gasteiger charge is -2.27. The van der Waals surface area contributed by atoms with Gasteiger partial charge in [0.05, 0.1) is 22.1 Å². The van der Waals surface area contributed by atoms with Gasteiger partial charge in [-0.25, -0.2) is 0 Å². The highest BCUT2D eigenvalue weighted by Gasteiger charge is 2.40. The largest absolute Gasteiger partial charge is 0.356 e. The van der Waals surface area contributed by atoms with E-state index in [1.165, 1.54) is 166 Å². The summed E-state index contributed by atoms with van der Waals surface area (Å²) in [6.45, 7) is 20.4. The summed E-state index contributed by atoms with van der Waals surface area (Å²) >= 11 is 3.63. The van der Waals surface area contributed by atoms with Gasteiger partial charge in [-0.05, 0) is 334 Å². The molecule has 0 saturated carbocycles. The average molecular weight is 1800 g/mol. The maximum atomic E-state index is 4.90. The highest BCUT2D eigenvalue weighted by atomic mass is 79.9. The van der Waals surface area contributed by atoms with Crippen molar-refractivity contribution in [1.29, 1.82) is 0 Å². The first-order chi connectivity index (χ1) is 66.4. The Balaban J connectivity index is 0.000000127. The fourth-order valence-electron chi connectivity index (χ4n) is 20.0. The third kappa shape index (κ3) is 16.9. The smallest absolute Gasteiger partial charge is 0.0547 e. The number of terminal acetylenes is 1. The molecule has 4 nitrogen and oxygen atoms in total. The van der Waals surface area contributed by atoms with E-state index in [2.05, 4.69) is 561 Å². The quantitative estimate of drug-likeness (QED) is 0.146. The van der Waals surface area contributed by atoms with Gasteiger partial charge in [-0.1, -0.05) is 320 Å². The lowest BCUT2D eigenvalue weighted by atomic mass is 9.82. The van der Waals surface area contributed by atoms with E-state index in [1.807, 2.05) is 18.2 Å². The topological polar surface area (TPSA) is 25.1 Å². The molecule has 0 amide bonds. The third-order valence-corrected chi connectivity index (χ3v) is 26.9. The monoisotopic (exact) mass is 1800 g/mol. The Bertz CT molecular complexity index is 8690. The molecule has 4 aliphatic carbocycles. The number of benzene rings is 16. The second-order valence-electron chi connectivity index (χ2n) is 35.8. The van der Waals surface area contributed by atoms with Crippen LogP contribution in [-0.2, 0) is 21.7 Å². The van der Waals surface area contributed by atoms with E-state index in [0.717, 1.165) is 32.9 Å². The highest BCUT2D eigenvalue weighted by Crippen LogP contribution is 2.55. The molecule has 5 heteroatoms. The van der Waals surface area contributed by atoms with E-state index in [4.69, 9.17) is 6.42 Å². The summed E-state index contributed by atoms with van der Waals surface area (Å²) in [5.41, 5.74) is 39.7. The van der Waals surface area contributed by atoms with Crippen molar-refractivity contribution in [1.82, 2.24) is 9.13 Å². The zero-order chi connectivity index (χ0) is 93.5. The Morgan fingerprint density at radius 2 is 0.574 bits per heavy atom. The first-order valence-corrected chi connectivity index (χ1v) is 46.1. The molecule has 18 aromatic rings. The minimum absolute atomic E-state index is 0.0130. The van der Waals surface area contributed by atoms with Crippen molar-refractivity contribution in [2.75, 3.05) is 10.2 Å². The van der Waals surface area contributed by atoms with Crippen molar-refractivity contribution >= 4 is 88.0 Å². The predicted molar refractivity (Wildman–Crippen MR) is 574 cm³/mol. The number of anilines is 5. The van der Waals surface area contributed by atoms with Crippen LogP contribution in [0.25, 0.3) is 122 Å². The Kier molecular flexibility index (Phi) is 24.3. The SMILES string of the molecule is C#CC#CC#CC#CC#CC#CC#CC#CC#CC#CC#CC.CC1(C)c2ccccc2-c2cc(-n3c4ccccc4c4ccc(-c5cccc(Br)c5)cc43)ccc21.CC1(C)c2ccccc2-c2cc(N(c3ccccc3)c3cccc(-c4ccc5c6ccccc6n(-c6ccc7c(c6)-c6ccccc6C7(C)C)c5c4)c3)ccc21.CC1(C)c2ccccc2-c2cc(Nc3ccccc3)ccc21. The molecular weight excluding hydrogens is 1710 g/mol.